The van der Waals surface area contributed by atoms with E-state index in [1.54, 1.807) is 12.1 Å². The molecule has 1 heterocycles. The van der Waals surface area contributed by atoms with Crippen LogP contribution in [0.25, 0.3) is 0 Å². The van der Waals surface area contributed by atoms with Crippen LogP contribution in [0.3, 0.4) is 0 Å². The van der Waals surface area contributed by atoms with Gasteiger partial charge in [0.05, 0.1) is 30.9 Å². The standard InChI is InChI=1S/C14H17ClN2O4/c1-20-14(19)11-6-9(2-3-12(11)15)17-13(18)7-10-8-21-5-4-16-10/h2-3,6,10,16H,4-5,7-8H2,1H3,(H,17,18). The Hall–Kier alpha value is -1.63. The molecule has 1 aliphatic heterocycles. The zero-order valence-corrected chi connectivity index (χ0v) is 12.4. The zero-order valence-electron chi connectivity index (χ0n) is 11.6. The first kappa shape index (κ1) is 15.8. The number of morpholine rings is 1. The van der Waals surface area contributed by atoms with Gasteiger partial charge < -0.3 is 20.1 Å². The van der Waals surface area contributed by atoms with Gasteiger partial charge in [-0.05, 0) is 18.2 Å². The van der Waals surface area contributed by atoms with Gasteiger partial charge in [-0.25, -0.2) is 4.79 Å². The van der Waals surface area contributed by atoms with Crippen LogP contribution in [0, 0.1) is 0 Å². The van der Waals surface area contributed by atoms with E-state index in [0.717, 1.165) is 6.54 Å². The van der Waals surface area contributed by atoms with Gasteiger partial charge in [0.2, 0.25) is 5.91 Å². The quantitative estimate of drug-likeness (QED) is 0.823. The minimum absolute atomic E-state index is 0.00567. The summed E-state index contributed by atoms with van der Waals surface area (Å²) in [6, 6.07) is 4.69. The van der Waals surface area contributed by atoms with Crippen LogP contribution in [0.4, 0.5) is 5.69 Å². The highest BCUT2D eigenvalue weighted by Gasteiger charge is 2.18. The molecule has 1 fully saturated rings. The summed E-state index contributed by atoms with van der Waals surface area (Å²) in [5.41, 5.74) is 0.720. The van der Waals surface area contributed by atoms with E-state index in [0.29, 0.717) is 25.3 Å². The monoisotopic (exact) mass is 312 g/mol. The van der Waals surface area contributed by atoms with Gasteiger partial charge in [0.1, 0.15) is 0 Å². The molecule has 0 radical (unpaired) electrons. The van der Waals surface area contributed by atoms with Crippen LogP contribution < -0.4 is 10.6 Å². The number of hydrogen-bond acceptors (Lipinski definition) is 5. The Morgan fingerprint density at radius 3 is 3.00 bits per heavy atom. The highest BCUT2D eigenvalue weighted by molar-refractivity contribution is 6.33. The molecule has 6 nitrogen and oxygen atoms in total. The normalized spacial score (nSPS) is 18.1. The second-order valence-electron chi connectivity index (χ2n) is 4.66. The first-order valence-electron chi connectivity index (χ1n) is 6.59. The molecule has 1 amide bonds. The van der Waals surface area contributed by atoms with Crippen molar-refractivity contribution in [3.63, 3.8) is 0 Å². The molecular formula is C14H17ClN2O4. The first-order chi connectivity index (χ1) is 10.1. The van der Waals surface area contributed by atoms with Crippen LogP contribution in [-0.2, 0) is 14.3 Å². The van der Waals surface area contributed by atoms with E-state index in [9.17, 15) is 9.59 Å². The smallest absolute Gasteiger partial charge is 0.339 e. The predicted molar refractivity (Wildman–Crippen MR) is 78.6 cm³/mol. The molecule has 21 heavy (non-hydrogen) atoms. The number of ether oxygens (including phenoxy) is 2. The number of rotatable bonds is 4. The van der Waals surface area contributed by atoms with Crippen molar-refractivity contribution in [2.45, 2.75) is 12.5 Å². The molecule has 1 unspecified atom stereocenters. The van der Waals surface area contributed by atoms with Gasteiger partial charge in [0, 0.05) is 24.7 Å². The van der Waals surface area contributed by atoms with Crippen molar-refractivity contribution in [2.75, 3.05) is 32.2 Å². The molecule has 0 aromatic heterocycles. The van der Waals surface area contributed by atoms with Crippen molar-refractivity contribution in [2.24, 2.45) is 0 Å². The van der Waals surface area contributed by atoms with Crippen LogP contribution in [0.2, 0.25) is 5.02 Å². The molecule has 0 bridgehead atoms. The Bertz CT molecular complexity index is 530. The number of amides is 1. The summed E-state index contributed by atoms with van der Waals surface area (Å²) in [7, 11) is 1.28. The Morgan fingerprint density at radius 1 is 1.52 bits per heavy atom. The van der Waals surface area contributed by atoms with Gasteiger partial charge in [0.15, 0.2) is 0 Å². The molecule has 0 saturated carbocycles. The number of esters is 1. The van der Waals surface area contributed by atoms with Crippen molar-refractivity contribution >= 4 is 29.2 Å². The summed E-state index contributed by atoms with van der Waals surface area (Å²) < 4.78 is 9.93. The SMILES string of the molecule is COC(=O)c1cc(NC(=O)CC2COCCN2)ccc1Cl. The number of carbonyl (C=O) groups is 2. The summed E-state index contributed by atoms with van der Waals surface area (Å²) in [6.45, 7) is 1.92. The second kappa shape index (κ2) is 7.40. The Morgan fingerprint density at radius 2 is 2.33 bits per heavy atom. The van der Waals surface area contributed by atoms with Crippen LogP contribution in [0.5, 0.6) is 0 Å². The molecule has 114 valence electrons. The van der Waals surface area contributed by atoms with E-state index in [-0.39, 0.29) is 22.5 Å². The van der Waals surface area contributed by atoms with Gasteiger partial charge in [-0.3, -0.25) is 4.79 Å². The lowest BCUT2D eigenvalue weighted by molar-refractivity contribution is -0.117. The largest absolute Gasteiger partial charge is 0.465 e. The third kappa shape index (κ3) is 4.42. The highest BCUT2D eigenvalue weighted by Crippen LogP contribution is 2.21. The average molecular weight is 313 g/mol. The van der Waals surface area contributed by atoms with E-state index in [1.807, 2.05) is 0 Å². The lowest BCUT2D eigenvalue weighted by atomic mass is 10.1. The van der Waals surface area contributed by atoms with Crippen molar-refractivity contribution in [3.05, 3.63) is 28.8 Å². The first-order valence-corrected chi connectivity index (χ1v) is 6.97. The summed E-state index contributed by atoms with van der Waals surface area (Å²) >= 11 is 5.92. The van der Waals surface area contributed by atoms with Crippen molar-refractivity contribution < 1.29 is 19.1 Å². The summed E-state index contributed by atoms with van der Waals surface area (Å²) in [6.07, 6.45) is 0.302. The molecule has 1 atom stereocenters. The molecular weight excluding hydrogens is 296 g/mol. The maximum absolute atomic E-state index is 12.0. The van der Waals surface area contributed by atoms with Crippen LogP contribution in [-0.4, -0.2) is 44.8 Å². The van der Waals surface area contributed by atoms with Gasteiger partial charge in [0.25, 0.3) is 0 Å². The maximum Gasteiger partial charge on any atom is 0.339 e. The molecule has 1 saturated heterocycles. The zero-order chi connectivity index (χ0) is 15.2. The van der Waals surface area contributed by atoms with Crippen LogP contribution in [0.15, 0.2) is 18.2 Å². The fourth-order valence-electron chi connectivity index (χ4n) is 2.06. The summed E-state index contributed by atoms with van der Waals surface area (Å²) in [5, 5.41) is 6.22. The maximum atomic E-state index is 12.0. The fraction of sp³-hybridized carbons (Fsp3) is 0.429. The number of anilines is 1. The van der Waals surface area contributed by atoms with E-state index in [2.05, 4.69) is 15.4 Å². The lowest BCUT2D eigenvalue weighted by Crippen LogP contribution is -2.43. The fourth-order valence-corrected chi connectivity index (χ4v) is 2.25. The highest BCUT2D eigenvalue weighted by atomic mass is 35.5. The van der Waals surface area contributed by atoms with E-state index in [1.165, 1.54) is 13.2 Å². The molecule has 0 aliphatic carbocycles. The third-order valence-electron chi connectivity index (χ3n) is 3.09. The van der Waals surface area contributed by atoms with E-state index in [4.69, 9.17) is 16.3 Å². The predicted octanol–water partition coefficient (Wildman–Crippen LogP) is 1.44. The molecule has 7 heteroatoms. The Labute approximate surface area is 127 Å². The van der Waals surface area contributed by atoms with Crippen molar-refractivity contribution in [1.82, 2.24) is 5.32 Å². The van der Waals surface area contributed by atoms with Gasteiger partial charge >= 0.3 is 5.97 Å². The summed E-state index contributed by atoms with van der Waals surface area (Å²) in [5.74, 6) is -0.699. The van der Waals surface area contributed by atoms with Gasteiger partial charge in [-0.2, -0.15) is 0 Å². The second-order valence-corrected chi connectivity index (χ2v) is 5.07. The number of nitrogens with one attached hydrogen (secondary N) is 2. The van der Waals surface area contributed by atoms with Gasteiger partial charge in [-0.1, -0.05) is 11.6 Å². The van der Waals surface area contributed by atoms with Crippen LogP contribution in [0.1, 0.15) is 16.8 Å². The molecule has 1 aromatic carbocycles. The van der Waals surface area contributed by atoms with Crippen LogP contribution >= 0.6 is 11.6 Å². The molecule has 2 rings (SSSR count). The Kier molecular flexibility index (Phi) is 5.55. The van der Waals surface area contributed by atoms with Crippen molar-refractivity contribution in [3.8, 4) is 0 Å². The van der Waals surface area contributed by atoms with Crippen molar-refractivity contribution in [1.29, 1.82) is 0 Å². The number of hydrogen-bond donors (Lipinski definition) is 2. The van der Waals surface area contributed by atoms with E-state index >= 15 is 0 Å². The molecule has 2 N–H and O–H groups in total. The minimum Gasteiger partial charge on any atom is -0.465 e. The van der Waals surface area contributed by atoms with Gasteiger partial charge in [-0.15, -0.1) is 0 Å². The number of halogens is 1. The van der Waals surface area contributed by atoms with E-state index < -0.39 is 5.97 Å². The Balaban J connectivity index is 1.98. The third-order valence-corrected chi connectivity index (χ3v) is 3.42. The minimum atomic E-state index is -0.543. The number of benzene rings is 1. The molecule has 1 aliphatic rings. The molecule has 1 aromatic rings. The number of carbonyl (C=O) groups excluding carboxylic acids is 2. The molecule has 0 spiro atoms. The topological polar surface area (TPSA) is 76.7 Å². The lowest BCUT2D eigenvalue weighted by Gasteiger charge is -2.23. The average Bonchev–Trinajstić information content (AvgIpc) is 2.49. The summed E-state index contributed by atoms with van der Waals surface area (Å²) in [4.78, 5) is 23.5. The number of methoxy groups -OCH3 is 1.